The van der Waals surface area contributed by atoms with Gasteiger partial charge in [-0.1, -0.05) is 6.07 Å². The molecule has 0 saturated carbocycles. The van der Waals surface area contributed by atoms with Gasteiger partial charge in [-0.15, -0.1) is 11.8 Å². The quantitative estimate of drug-likeness (QED) is 0.860. The number of aryl methyl sites for hydroxylation is 2. The Bertz CT molecular complexity index is 681. The summed E-state index contributed by atoms with van der Waals surface area (Å²) in [5.74, 6) is 1.81. The lowest BCUT2D eigenvalue weighted by molar-refractivity contribution is 0.0887. The van der Waals surface area contributed by atoms with Crippen molar-refractivity contribution in [3.8, 4) is 5.88 Å². The van der Waals surface area contributed by atoms with Crippen molar-refractivity contribution in [1.82, 2.24) is 19.7 Å². The largest absolute Gasteiger partial charge is 0.473 e. The van der Waals surface area contributed by atoms with E-state index in [1.165, 1.54) is 5.69 Å². The summed E-state index contributed by atoms with van der Waals surface area (Å²) in [6, 6.07) is 8.01. The van der Waals surface area contributed by atoms with E-state index in [1.54, 1.807) is 6.20 Å². The first-order valence-electron chi connectivity index (χ1n) is 8.05. The van der Waals surface area contributed by atoms with Crippen LogP contribution in [0, 0.1) is 6.92 Å². The van der Waals surface area contributed by atoms with E-state index in [2.05, 4.69) is 32.8 Å². The van der Waals surface area contributed by atoms with Crippen molar-refractivity contribution >= 4 is 11.8 Å². The van der Waals surface area contributed by atoms with Gasteiger partial charge in [-0.25, -0.2) is 4.98 Å². The average molecular weight is 330 g/mol. The van der Waals surface area contributed by atoms with Crippen molar-refractivity contribution in [2.24, 2.45) is 7.05 Å². The zero-order chi connectivity index (χ0) is 15.9. The molecule has 122 valence electrons. The Kier molecular flexibility index (Phi) is 3.81. The monoisotopic (exact) mass is 330 g/mol. The highest BCUT2D eigenvalue weighted by molar-refractivity contribution is 8.01. The first-order chi connectivity index (χ1) is 11.1. The van der Waals surface area contributed by atoms with E-state index in [1.807, 2.05) is 36.9 Å². The number of ether oxygens (including phenoxy) is 1. The standard InChI is InChI=1S/C17H22N4OS/c1-13-7-14(20(2)19-13)9-21-11-17(12-21)8-15(10-23-17)22-16-5-3-4-6-18-16/h3-7,15H,8-12H2,1-2H3. The lowest BCUT2D eigenvalue weighted by Gasteiger charge is -2.47. The second kappa shape index (κ2) is 5.83. The molecule has 0 amide bonds. The van der Waals surface area contributed by atoms with E-state index < -0.39 is 0 Å². The predicted molar refractivity (Wildman–Crippen MR) is 91.7 cm³/mol. The Morgan fingerprint density at radius 2 is 2.26 bits per heavy atom. The fourth-order valence-electron chi connectivity index (χ4n) is 3.61. The Morgan fingerprint density at radius 3 is 2.96 bits per heavy atom. The van der Waals surface area contributed by atoms with Crippen LogP contribution in [0.5, 0.6) is 5.88 Å². The normalized spacial score (nSPS) is 23.1. The minimum atomic E-state index is 0.288. The molecule has 2 fully saturated rings. The molecule has 0 aliphatic carbocycles. The van der Waals surface area contributed by atoms with E-state index in [0.29, 0.717) is 4.75 Å². The van der Waals surface area contributed by atoms with Gasteiger partial charge >= 0.3 is 0 Å². The molecule has 23 heavy (non-hydrogen) atoms. The minimum absolute atomic E-state index is 0.288. The van der Waals surface area contributed by atoms with Crippen LogP contribution < -0.4 is 4.74 Å². The van der Waals surface area contributed by atoms with E-state index >= 15 is 0 Å². The molecule has 0 radical (unpaired) electrons. The molecule has 2 aromatic rings. The third-order valence-corrected chi connectivity index (χ3v) is 6.18. The molecule has 6 heteroatoms. The molecular formula is C17H22N4OS. The highest BCUT2D eigenvalue weighted by Crippen LogP contribution is 2.46. The van der Waals surface area contributed by atoms with Crippen molar-refractivity contribution in [2.45, 2.75) is 30.7 Å². The fourth-order valence-corrected chi connectivity index (χ4v) is 5.18. The van der Waals surface area contributed by atoms with Gasteiger partial charge in [0.1, 0.15) is 6.10 Å². The van der Waals surface area contributed by atoms with Gasteiger partial charge in [0.25, 0.3) is 0 Å². The van der Waals surface area contributed by atoms with Crippen LogP contribution in [-0.2, 0) is 13.6 Å². The van der Waals surface area contributed by atoms with Gasteiger partial charge in [-0.05, 0) is 19.1 Å². The van der Waals surface area contributed by atoms with Gasteiger partial charge in [0.15, 0.2) is 0 Å². The van der Waals surface area contributed by atoms with Crippen LogP contribution in [0.25, 0.3) is 0 Å². The molecule has 0 N–H and O–H groups in total. The Morgan fingerprint density at radius 1 is 1.39 bits per heavy atom. The lowest BCUT2D eigenvalue weighted by Crippen LogP contribution is -2.58. The predicted octanol–water partition coefficient (Wildman–Crippen LogP) is 2.26. The molecule has 2 saturated heterocycles. The molecule has 1 unspecified atom stereocenters. The number of pyridine rings is 1. The molecule has 1 atom stereocenters. The number of hydrogen-bond acceptors (Lipinski definition) is 5. The number of aromatic nitrogens is 3. The summed E-state index contributed by atoms with van der Waals surface area (Å²) in [5, 5.41) is 4.43. The molecule has 4 rings (SSSR count). The Labute approximate surface area is 141 Å². The first-order valence-corrected chi connectivity index (χ1v) is 9.04. The highest BCUT2D eigenvalue weighted by Gasteiger charge is 2.49. The van der Waals surface area contributed by atoms with Crippen LogP contribution in [0.3, 0.4) is 0 Å². The number of likely N-dealkylation sites (tertiary alicyclic amines) is 1. The zero-order valence-corrected chi connectivity index (χ0v) is 14.4. The average Bonchev–Trinajstić information content (AvgIpc) is 3.04. The van der Waals surface area contributed by atoms with Crippen LogP contribution in [0.2, 0.25) is 0 Å². The molecule has 0 bridgehead atoms. The third-order valence-electron chi connectivity index (χ3n) is 4.61. The molecule has 1 spiro atoms. The summed E-state index contributed by atoms with van der Waals surface area (Å²) in [4.78, 5) is 6.77. The summed E-state index contributed by atoms with van der Waals surface area (Å²) in [6.07, 6.45) is 3.19. The summed E-state index contributed by atoms with van der Waals surface area (Å²) in [5.41, 5.74) is 2.39. The van der Waals surface area contributed by atoms with E-state index in [4.69, 9.17) is 4.74 Å². The van der Waals surface area contributed by atoms with E-state index in [-0.39, 0.29) is 6.10 Å². The van der Waals surface area contributed by atoms with Gasteiger partial charge in [0.05, 0.1) is 11.4 Å². The van der Waals surface area contributed by atoms with E-state index in [9.17, 15) is 0 Å². The second-order valence-corrected chi connectivity index (χ2v) is 8.14. The molecule has 0 aromatic carbocycles. The maximum Gasteiger partial charge on any atom is 0.213 e. The second-order valence-electron chi connectivity index (χ2n) is 6.65. The van der Waals surface area contributed by atoms with Gasteiger partial charge < -0.3 is 4.74 Å². The van der Waals surface area contributed by atoms with Gasteiger partial charge in [0.2, 0.25) is 5.88 Å². The molecule has 4 heterocycles. The van der Waals surface area contributed by atoms with Crippen LogP contribution in [0.1, 0.15) is 17.8 Å². The van der Waals surface area contributed by atoms with Crippen molar-refractivity contribution < 1.29 is 4.74 Å². The van der Waals surface area contributed by atoms with Gasteiger partial charge in [-0.2, -0.15) is 5.10 Å². The van der Waals surface area contributed by atoms with Crippen LogP contribution in [-0.4, -0.2) is 49.4 Å². The summed E-state index contributed by atoms with van der Waals surface area (Å²) in [6.45, 7) is 5.33. The number of thioether (sulfide) groups is 1. The Hall–Kier alpha value is -1.53. The van der Waals surface area contributed by atoms with Crippen LogP contribution in [0.15, 0.2) is 30.5 Å². The minimum Gasteiger partial charge on any atom is -0.473 e. The summed E-state index contributed by atoms with van der Waals surface area (Å²) >= 11 is 2.07. The van der Waals surface area contributed by atoms with E-state index in [0.717, 1.165) is 43.4 Å². The molecular weight excluding hydrogens is 308 g/mol. The fraction of sp³-hybridized carbons (Fsp3) is 0.529. The smallest absolute Gasteiger partial charge is 0.213 e. The maximum atomic E-state index is 6.02. The number of nitrogens with zero attached hydrogens (tertiary/aromatic N) is 4. The highest BCUT2D eigenvalue weighted by atomic mass is 32.2. The molecule has 2 aromatic heterocycles. The zero-order valence-electron chi connectivity index (χ0n) is 13.6. The van der Waals surface area contributed by atoms with Crippen molar-refractivity contribution in [3.05, 3.63) is 41.9 Å². The van der Waals surface area contributed by atoms with Crippen molar-refractivity contribution in [2.75, 3.05) is 18.8 Å². The summed E-state index contributed by atoms with van der Waals surface area (Å²) in [7, 11) is 2.03. The molecule has 5 nitrogen and oxygen atoms in total. The number of hydrogen-bond donors (Lipinski definition) is 0. The van der Waals surface area contributed by atoms with Crippen molar-refractivity contribution in [3.63, 3.8) is 0 Å². The first kappa shape index (κ1) is 15.0. The lowest BCUT2D eigenvalue weighted by atomic mass is 9.93. The SMILES string of the molecule is Cc1cc(CN2CC3(CC(Oc4ccccn4)CS3)C2)n(C)n1. The molecule has 2 aliphatic rings. The van der Waals surface area contributed by atoms with Crippen LogP contribution >= 0.6 is 11.8 Å². The van der Waals surface area contributed by atoms with Crippen molar-refractivity contribution in [1.29, 1.82) is 0 Å². The maximum absolute atomic E-state index is 6.02. The third kappa shape index (κ3) is 3.10. The summed E-state index contributed by atoms with van der Waals surface area (Å²) < 4.78 is 8.40. The number of rotatable bonds is 4. The Balaban J connectivity index is 1.30. The van der Waals surface area contributed by atoms with Crippen LogP contribution in [0.4, 0.5) is 0 Å². The van der Waals surface area contributed by atoms with Gasteiger partial charge in [-0.3, -0.25) is 9.58 Å². The topological polar surface area (TPSA) is 43.2 Å². The van der Waals surface area contributed by atoms with Gasteiger partial charge in [0, 0.05) is 55.9 Å². The molecule has 2 aliphatic heterocycles.